The SMILES string of the molecule is CC.CC1=C(c2ccc(Oc3nccc4occc34)cc2F)C(C)OC1=O. The average Bonchev–Trinajstić information content (AvgIpc) is 3.23. The van der Waals surface area contributed by atoms with Crippen LogP contribution in [0.25, 0.3) is 16.5 Å². The van der Waals surface area contributed by atoms with E-state index in [1.54, 1.807) is 44.3 Å². The topological polar surface area (TPSA) is 61.6 Å². The first-order valence-electron chi connectivity index (χ1n) is 8.76. The number of furan rings is 1. The lowest BCUT2D eigenvalue weighted by Crippen LogP contribution is -2.06. The molecule has 6 heteroatoms. The number of benzene rings is 1. The van der Waals surface area contributed by atoms with E-state index in [0.29, 0.717) is 39.3 Å². The largest absolute Gasteiger partial charge is 0.464 e. The van der Waals surface area contributed by atoms with Crippen molar-refractivity contribution in [3.63, 3.8) is 0 Å². The molecule has 5 nitrogen and oxygen atoms in total. The van der Waals surface area contributed by atoms with Gasteiger partial charge >= 0.3 is 5.97 Å². The van der Waals surface area contributed by atoms with Crippen LogP contribution >= 0.6 is 0 Å². The van der Waals surface area contributed by atoms with Crippen LogP contribution in [0.1, 0.15) is 33.3 Å². The predicted molar refractivity (Wildman–Crippen MR) is 100.0 cm³/mol. The Balaban J connectivity index is 0.00000102. The summed E-state index contributed by atoms with van der Waals surface area (Å²) in [6.45, 7) is 7.35. The monoisotopic (exact) mass is 369 g/mol. The van der Waals surface area contributed by atoms with E-state index in [-0.39, 0.29) is 0 Å². The van der Waals surface area contributed by atoms with Crippen molar-refractivity contribution in [3.8, 4) is 11.6 Å². The average molecular weight is 369 g/mol. The van der Waals surface area contributed by atoms with Gasteiger partial charge in [-0.1, -0.05) is 13.8 Å². The second kappa shape index (κ2) is 7.61. The highest BCUT2D eigenvalue weighted by molar-refractivity contribution is 6.02. The number of esters is 1. The number of rotatable bonds is 3. The molecular formula is C21H20FNO4. The molecule has 0 fully saturated rings. The van der Waals surface area contributed by atoms with Crippen molar-refractivity contribution in [3.05, 3.63) is 59.7 Å². The first kappa shape index (κ1) is 18.6. The van der Waals surface area contributed by atoms with Crippen molar-refractivity contribution in [2.75, 3.05) is 0 Å². The number of ether oxygens (including phenoxy) is 2. The molecule has 0 N–H and O–H groups in total. The molecule has 3 heterocycles. The summed E-state index contributed by atoms with van der Waals surface area (Å²) in [5.41, 5.74) is 1.95. The predicted octanol–water partition coefficient (Wildman–Crippen LogP) is 5.50. The Hall–Kier alpha value is -3.15. The minimum absolute atomic E-state index is 0.304. The maximum atomic E-state index is 14.6. The second-order valence-electron chi connectivity index (χ2n) is 5.78. The van der Waals surface area contributed by atoms with Crippen LogP contribution in [0.2, 0.25) is 0 Å². The van der Waals surface area contributed by atoms with E-state index >= 15 is 0 Å². The summed E-state index contributed by atoms with van der Waals surface area (Å²) in [5.74, 6) is -0.269. The highest BCUT2D eigenvalue weighted by atomic mass is 19.1. The van der Waals surface area contributed by atoms with Crippen molar-refractivity contribution in [1.82, 2.24) is 4.98 Å². The molecule has 1 unspecified atom stereocenters. The molecule has 4 rings (SSSR count). The van der Waals surface area contributed by atoms with Crippen LogP contribution in [-0.4, -0.2) is 17.1 Å². The number of aromatic nitrogens is 1. The zero-order chi connectivity index (χ0) is 19.6. The fourth-order valence-electron chi connectivity index (χ4n) is 2.98. The van der Waals surface area contributed by atoms with Crippen molar-refractivity contribution in [2.24, 2.45) is 0 Å². The van der Waals surface area contributed by atoms with Gasteiger partial charge in [-0.15, -0.1) is 0 Å². The van der Waals surface area contributed by atoms with E-state index in [2.05, 4.69) is 4.98 Å². The van der Waals surface area contributed by atoms with E-state index in [1.165, 1.54) is 12.3 Å². The maximum absolute atomic E-state index is 14.6. The Kier molecular flexibility index (Phi) is 5.26. The smallest absolute Gasteiger partial charge is 0.334 e. The van der Waals surface area contributed by atoms with Crippen molar-refractivity contribution < 1.29 is 23.1 Å². The summed E-state index contributed by atoms with van der Waals surface area (Å²) in [6, 6.07) is 7.94. The summed E-state index contributed by atoms with van der Waals surface area (Å²) >= 11 is 0. The van der Waals surface area contributed by atoms with E-state index in [4.69, 9.17) is 13.9 Å². The molecule has 0 radical (unpaired) electrons. The van der Waals surface area contributed by atoms with Gasteiger partial charge in [0, 0.05) is 29.0 Å². The van der Waals surface area contributed by atoms with Gasteiger partial charge in [0.25, 0.3) is 0 Å². The Morgan fingerprint density at radius 2 is 1.96 bits per heavy atom. The van der Waals surface area contributed by atoms with Gasteiger partial charge in [-0.3, -0.25) is 0 Å². The highest BCUT2D eigenvalue weighted by Gasteiger charge is 2.30. The molecule has 140 valence electrons. The molecule has 2 aromatic heterocycles. The van der Waals surface area contributed by atoms with Crippen molar-refractivity contribution in [1.29, 1.82) is 0 Å². The summed E-state index contributed by atoms with van der Waals surface area (Å²) in [7, 11) is 0. The van der Waals surface area contributed by atoms with Gasteiger partial charge in [-0.2, -0.15) is 0 Å². The Bertz CT molecular complexity index is 1020. The fourth-order valence-corrected chi connectivity index (χ4v) is 2.98. The van der Waals surface area contributed by atoms with Gasteiger partial charge < -0.3 is 13.9 Å². The minimum Gasteiger partial charge on any atom is -0.464 e. The van der Waals surface area contributed by atoms with Crippen LogP contribution < -0.4 is 4.74 Å². The maximum Gasteiger partial charge on any atom is 0.334 e. The zero-order valence-corrected chi connectivity index (χ0v) is 15.6. The van der Waals surface area contributed by atoms with Gasteiger partial charge in [0.15, 0.2) is 0 Å². The molecule has 0 amide bonds. The van der Waals surface area contributed by atoms with E-state index in [0.717, 1.165) is 0 Å². The number of fused-ring (bicyclic) bond motifs is 1. The third-order valence-electron chi connectivity index (χ3n) is 4.19. The van der Waals surface area contributed by atoms with Gasteiger partial charge in [0.05, 0.1) is 11.6 Å². The third kappa shape index (κ3) is 3.43. The highest BCUT2D eigenvalue weighted by Crippen LogP contribution is 2.35. The number of hydrogen-bond donors (Lipinski definition) is 0. The first-order valence-corrected chi connectivity index (χ1v) is 8.76. The Morgan fingerprint density at radius 3 is 2.63 bits per heavy atom. The number of halogens is 1. The summed E-state index contributed by atoms with van der Waals surface area (Å²) in [6.07, 6.45) is 2.62. The zero-order valence-electron chi connectivity index (χ0n) is 15.6. The summed E-state index contributed by atoms with van der Waals surface area (Å²) in [4.78, 5) is 15.8. The molecule has 0 saturated carbocycles. The molecule has 0 bridgehead atoms. The number of carbonyl (C=O) groups excluding carboxylic acids is 1. The minimum atomic E-state index is -0.489. The first-order chi connectivity index (χ1) is 13.0. The lowest BCUT2D eigenvalue weighted by atomic mass is 9.98. The van der Waals surface area contributed by atoms with Gasteiger partial charge in [0.1, 0.15) is 23.3 Å². The number of hydrogen-bond acceptors (Lipinski definition) is 5. The normalized spacial score (nSPS) is 16.2. The Labute approximate surface area is 156 Å². The van der Waals surface area contributed by atoms with E-state index < -0.39 is 17.9 Å². The van der Waals surface area contributed by atoms with Gasteiger partial charge in [-0.25, -0.2) is 14.2 Å². The molecule has 1 aliphatic heterocycles. The molecule has 0 spiro atoms. The fraction of sp³-hybridized carbons (Fsp3) is 0.238. The lowest BCUT2D eigenvalue weighted by molar-refractivity contribution is -0.138. The van der Waals surface area contributed by atoms with Gasteiger partial charge in [-0.05, 0) is 38.1 Å². The number of pyridine rings is 1. The molecular weight excluding hydrogens is 349 g/mol. The summed E-state index contributed by atoms with van der Waals surface area (Å²) in [5, 5.41) is 0.703. The lowest BCUT2D eigenvalue weighted by Gasteiger charge is -2.12. The molecule has 27 heavy (non-hydrogen) atoms. The van der Waals surface area contributed by atoms with Crippen molar-refractivity contribution in [2.45, 2.75) is 33.8 Å². The molecule has 1 atom stereocenters. The number of carbonyl (C=O) groups is 1. The summed E-state index contributed by atoms with van der Waals surface area (Å²) < 4.78 is 30.7. The Morgan fingerprint density at radius 1 is 1.19 bits per heavy atom. The van der Waals surface area contributed by atoms with Crippen LogP contribution in [-0.2, 0) is 9.53 Å². The third-order valence-corrected chi connectivity index (χ3v) is 4.19. The van der Waals surface area contributed by atoms with Crippen LogP contribution in [0, 0.1) is 5.82 Å². The molecule has 0 aliphatic carbocycles. The van der Waals surface area contributed by atoms with Crippen LogP contribution in [0.5, 0.6) is 11.6 Å². The van der Waals surface area contributed by atoms with Crippen molar-refractivity contribution >= 4 is 22.5 Å². The number of nitrogens with zero attached hydrogens (tertiary/aromatic N) is 1. The molecule has 1 aliphatic rings. The molecule has 3 aromatic rings. The van der Waals surface area contributed by atoms with E-state index in [9.17, 15) is 9.18 Å². The van der Waals surface area contributed by atoms with Gasteiger partial charge in [0.2, 0.25) is 5.88 Å². The second-order valence-corrected chi connectivity index (χ2v) is 5.78. The van der Waals surface area contributed by atoms with Crippen LogP contribution in [0.3, 0.4) is 0 Å². The number of cyclic esters (lactones) is 1. The van der Waals surface area contributed by atoms with Crippen LogP contribution in [0.15, 0.2) is 52.8 Å². The molecule has 0 saturated heterocycles. The van der Waals surface area contributed by atoms with Crippen LogP contribution in [0.4, 0.5) is 4.39 Å². The molecule has 1 aromatic carbocycles. The quantitative estimate of drug-likeness (QED) is 0.570. The van der Waals surface area contributed by atoms with E-state index in [1.807, 2.05) is 13.8 Å². The standard InChI is InChI=1S/C19H14FNO4.C2H6/c1-10-17(11(2)24-19(10)22)13-4-3-12(9-15(13)20)25-18-14-6-8-23-16(14)5-7-21-18;1-2/h3-9,11H,1-2H3;1-2H3.